The van der Waals surface area contributed by atoms with Gasteiger partial charge in [-0.15, -0.1) is 0 Å². The molecule has 0 bridgehead atoms. The van der Waals surface area contributed by atoms with Gasteiger partial charge in [0.2, 0.25) is 0 Å². The summed E-state index contributed by atoms with van der Waals surface area (Å²) in [5.74, 6) is -1.25. The molecule has 0 aliphatic rings. The largest absolute Gasteiger partial charge is 0.451 e. The summed E-state index contributed by atoms with van der Waals surface area (Å²) in [5, 5.41) is 3.25. The van der Waals surface area contributed by atoms with Crippen LogP contribution >= 0.6 is 23.2 Å². The number of benzene rings is 1. The summed E-state index contributed by atoms with van der Waals surface area (Å²) in [6.45, 7) is 1.14. The third-order valence-electron chi connectivity index (χ3n) is 3.06. The number of nitrogens with zero attached hydrogens (tertiary/aromatic N) is 1. The van der Waals surface area contributed by atoms with E-state index in [0.717, 1.165) is 0 Å². The van der Waals surface area contributed by atoms with Crippen LogP contribution in [0.4, 0.5) is 5.69 Å². The Morgan fingerprint density at radius 1 is 1.25 bits per heavy atom. The van der Waals surface area contributed by atoms with E-state index in [1.165, 1.54) is 29.8 Å². The number of carbonyl (C=O) groups is 2. The van der Waals surface area contributed by atoms with Crippen molar-refractivity contribution in [3.05, 3.63) is 63.0 Å². The molecule has 1 aromatic carbocycles. The summed E-state index contributed by atoms with van der Waals surface area (Å²) < 4.78 is 6.21. The van der Waals surface area contributed by atoms with Crippen molar-refractivity contribution in [2.45, 2.75) is 19.6 Å². The summed E-state index contributed by atoms with van der Waals surface area (Å²) in [6.07, 6.45) is 0.408. The number of pyridine rings is 1. The standard InChI is InChI=1S/C16H14Cl2N2O4/c1-10(16(23)19-13-6-5-11(17)8-12(13)18)24-15(22)9-20-7-3-2-4-14(20)21/h2-8,10H,9H2,1H3,(H,19,23)/t10-/m1/s1. The SMILES string of the molecule is C[C@@H](OC(=O)Cn1ccccc1=O)C(=O)Nc1ccc(Cl)cc1Cl. The van der Waals surface area contributed by atoms with Gasteiger partial charge in [-0.05, 0) is 31.2 Å². The lowest BCUT2D eigenvalue weighted by atomic mass is 10.3. The maximum atomic E-state index is 12.1. The molecule has 1 aromatic heterocycles. The van der Waals surface area contributed by atoms with Crippen LogP contribution in [-0.4, -0.2) is 22.5 Å². The van der Waals surface area contributed by atoms with Gasteiger partial charge in [0.05, 0.1) is 10.7 Å². The molecule has 6 nitrogen and oxygen atoms in total. The monoisotopic (exact) mass is 368 g/mol. The van der Waals surface area contributed by atoms with Crippen molar-refractivity contribution in [3.8, 4) is 0 Å². The molecule has 1 heterocycles. The van der Waals surface area contributed by atoms with Crippen LogP contribution in [0.1, 0.15) is 6.92 Å². The fourth-order valence-electron chi connectivity index (χ4n) is 1.84. The number of ether oxygens (including phenoxy) is 1. The Labute approximate surface area is 147 Å². The highest BCUT2D eigenvalue weighted by Crippen LogP contribution is 2.25. The van der Waals surface area contributed by atoms with Crippen molar-refractivity contribution in [2.75, 3.05) is 5.32 Å². The van der Waals surface area contributed by atoms with Crippen molar-refractivity contribution >= 4 is 40.8 Å². The fourth-order valence-corrected chi connectivity index (χ4v) is 2.30. The maximum Gasteiger partial charge on any atom is 0.326 e. The van der Waals surface area contributed by atoms with Crippen LogP contribution in [0.25, 0.3) is 0 Å². The molecule has 0 fully saturated rings. The molecule has 0 radical (unpaired) electrons. The first kappa shape index (κ1) is 18.0. The molecular formula is C16H14Cl2N2O4. The minimum Gasteiger partial charge on any atom is -0.451 e. The van der Waals surface area contributed by atoms with Crippen molar-refractivity contribution in [3.63, 3.8) is 0 Å². The van der Waals surface area contributed by atoms with E-state index in [0.29, 0.717) is 10.7 Å². The van der Waals surface area contributed by atoms with E-state index < -0.39 is 18.0 Å². The fraction of sp³-hybridized carbons (Fsp3) is 0.188. The molecule has 0 aliphatic heterocycles. The van der Waals surface area contributed by atoms with Gasteiger partial charge in [0.1, 0.15) is 6.54 Å². The van der Waals surface area contributed by atoms with Gasteiger partial charge in [-0.2, -0.15) is 0 Å². The van der Waals surface area contributed by atoms with E-state index in [1.807, 2.05) is 0 Å². The molecule has 2 aromatic rings. The van der Waals surface area contributed by atoms with E-state index >= 15 is 0 Å². The first-order valence-electron chi connectivity index (χ1n) is 6.97. The lowest BCUT2D eigenvalue weighted by Crippen LogP contribution is -2.32. The minimum absolute atomic E-state index is 0.269. The quantitative estimate of drug-likeness (QED) is 0.823. The molecule has 1 atom stereocenters. The van der Waals surface area contributed by atoms with Gasteiger partial charge in [0, 0.05) is 17.3 Å². The van der Waals surface area contributed by atoms with Crippen LogP contribution in [0.5, 0.6) is 0 Å². The number of aromatic nitrogens is 1. The molecule has 126 valence electrons. The summed E-state index contributed by atoms with van der Waals surface area (Å²) >= 11 is 11.7. The molecule has 8 heteroatoms. The van der Waals surface area contributed by atoms with Crippen LogP contribution in [0.15, 0.2) is 47.4 Å². The average Bonchev–Trinajstić information content (AvgIpc) is 2.52. The summed E-state index contributed by atoms with van der Waals surface area (Å²) in [7, 11) is 0. The molecule has 0 saturated carbocycles. The van der Waals surface area contributed by atoms with Crippen LogP contribution in [0.2, 0.25) is 10.0 Å². The average molecular weight is 369 g/mol. The summed E-state index contributed by atoms with van der Waals surface area (Å²) in [5.41, 5.74) is 0.0211. The van der Waals surface area contributed by atoms with Gasteiger partial charge >= 0.3 is 5.97 Å². The lowest BCUT2D eigenvalue weighted by molar-refractivity contribution is -0.153. The highest BCUT2D eigenvalue weighted by Gasteiger charge is 2.19. The lowest BCUT2D eigenvalue weighted by Gasteiger charge is -2.14. The predicted molar refractivity (Wildman–Crippen MR) is 91.3 cm³/mol. The molecule has 1 amide bonds. The van der Waals surface area contributed by atoms with Gasteiger partial charge in [-0.1, -0.05) is 29.3 Å². The van der Waals surface area contributed by atoms with Gasteiger partial charge in [-0.3, -0.25) is 14.4 Å². The normalized spacial score (nSPS) is 11.6. The molecule has 24 heavy (non-hydrogen) atoms. The number of amides is 1. The van der Waals surface area contributed by atoms with Crippen molar-refractivity contribution in [1.82, 2.24) is 4.57 Å². The highest BCUT2D eigenvalue weighted by molar-refractivity contribution is 6.36. The third-order valence-corrected chi connectivity index (χ3v) is 3.61. The molecule has 0 unspecified atom stereocenters. The number of esters is 1. The topological polar surface area (TPSA) is 77.4 Å². The summed E-state index contributed by atoms with van der Waals surface area (Å²) in [4.78, 5) is 35.4. The smallest absolute Gasteiger partial charge is 0.326 e. The maximum absolute atomic E-state index is 12.1. The Balaban J connectivity index is 1.94. The molecule has 1 N–H and O–H groups in total. The second-order valence-electron chi connectivity index (χ2n) is 4.91. The zero-order chi connectivity index (χ0) is 17.7. The minimum atomic E-state index is -1.05. The number of halogens is 2. The Hall–Kier alpha value is -2.31. The number of rotatable bonds is 5. The van der Waals surface area contributed by atoms with E-state index in [1.54, 1.807) is 24.3 Å². The van der Waals surface area contributed by atoms with Gasteiger partial charge in [0.25, 0.3) is 11.5 Å². The van der Waals surface area contributed by atoms with Crippen LogP contribution in [0, 0.1) is 0 Å². The van der Waals surface area contributed by atoms with Crippen molar-refractivity contribution < 1.29 is 14.3 Å². The van der Waals surface area contributed by atoms with E-state index in [2.05, 4.69) is 5.32 Å². The molecule has 2 rings (SSSR count). The zero-order valence-corrected chi connectivity index (χ0v) is 14.2. The Kier molecular flexibility index (Phi) is 6.00. The van der Waals surface area contributed by atoms with Gasteiger partial charge in [-0.25, -0.2) is 0 Å². The molecule has 0 saturated heterocycles. The van der Waals surface area contributed by atoms with Gasteiger partial charge < -0.3 is 14.6 Å². The number of anilines is 1. The van der Waals surface area contributed by atoms with Crippen LogP contribution in [-0.2, 0) is 20.9 Å². The van der Waals surface area contributed by atoms with E-state index in [4.69, 9.17) is 27.9 Å². The molecular weight excluding hydrogens is 355 g/mol. The zero-order valence-electron chi connectivity index (χ0n) is 12.7. The highest BCUT2D eigenvalue weighted by atomic mass is 35.5. The van der Waals surface area contributed by atoms with Gasteiger partial charge in [0.15, 0.2) is 6.10 Å². The second-order valence-corrected chi connectivity index (χ2v) is 5.76. The third kappa shape index (κ3) is 4.84. The first-order valence-corrected chi connectivity index (χ1v) is 7.73. The Morgan fingerprint density at radius 3 is 2.67 bits per heavy atom. The number of hydrogen-bond acceptors (Lipinski definition) is 4. The Bertz CT molecular complexity index is 820. The number of carbonyl (C=O) groups excluding carboxylic acids is 2. The van der Waals surface area contributed by atoms with Crippen LogP contribution in [0.3, 0.4) is 0 Å². The van der Waals surface area contributed by atoms with E-state index in [-0.39, 0.29) is 17.1 Å². The number of nitrogens with one attached hydrogen (secondary N) is 1. The van der Waals surface area contributed by atoms with Crippen LogP contribution < -0.4 is 10.9 Å². The summed E-state index contributed by atoms with van der Waals surface area (Å²) in [6, 6.07) is 9.11. The van der Waals surface area contributed by atoms with Crippen molar-refractivity contribution in [1.29, 1.82) is 0 Å². The molecule has 0 aliphatic carbocycles. The number of hydrogen-bond donors (Lipinski definition) is 1. The Morgan fingerprint density at radius 2 is 2.00 bits per heavy atom. The first-order chi connectivity index (χ1) is 11.4. The van der Waals surface area contributed by atoms with E-state index in [9.17, 15) is 14.4 Å². The van der Waals surface area contributed by atoms with Crippen molar-refractivity contribution in [2.24, 2.45) is 0 Å². The predicted octanol–water partition coefficient (Wildman–Crippen LogP) is 2.73. The molecule has 0 spiro atoms. The second kappa shape index (κ2) is 7.99.